The molecule has 0 saturated carbocycles. The Bertz CT molecular complexity index is 1100. The molecular formula is C28H32N2O4S. The van der Waals surface area contributed by atoms with E-state index in [0.717, 1.165) is 16.0 Å². The molecule has 0 aliphatic heterocycles. The van der Waals surface area contributed by atoms with Gasteiger partial charge in [0.25, 0.3) is 0 Å². The number of benzene rings is 2. The van der Waals surface area contributed by atoms with Crippen LogP contribution in [0.15, 0.2) is 78.7 Å². The molecule has 0 aliphatic rings. The summed E-state index contributed by atoms with van der Waals surface area (Å²) >= 11 is 1.61. The Balaban J connectivity index is 1.71. The van der Waals surface area contributed by atoms with E-state index in [4.69, 9.17) is 9.47 Å². The summed E-state index contributed by atoms with van der Waals surface area (Å²) in [5.41, 5.74) is 1.96. The second-order valence-electron chi connectivity index (χ2n) is 8.06. The maximum Gasteiger partial charge on any atom is 0.242 e. The van der Waals surface area contributed by atoms with Crippen LogP contribution in [0.2, 0.25) is 0 Å². The van der Waals surface area contributed by atoms with Crippen molar-refractivity contribution in [3.05, 3.63) is 94.7 Å². The summed E-state index contributed by atoms with van der Waals surface area (Å²) in [4.78, 5) is 30.9. The number of hydrogen-bond acceptors (Lipinski definition) is 5. The fraction of sp³-hybridized carbons (Fsp3) is 0.286. The van der Waals surface area contributed by atoms with E-state index >= 15 is 0 Å². The van der Waals surface area contributed by atoms with Crippen LogP contribution >= 0.6 is 11.3 Å². The predicted molar refractivity (Wildman–Crippen MR) is 140 cm³/mol. The molecule has 35 heavy (non-hydrogen) atoms. The number of hydrogen-bond donors (Lipinski definition) is 0. The van der Waals surface area contributed by atoms with E-state index in [1.807, 2.05) is 70.9 Å². The van der Waals surface area contributed by atoms with E-state index in [0.29, 0.717) is 37.6 Å². The van der Waals surface area contributed by atoms with E-state index in [9.17, 15) is 9.59 Å². The van der Waals surface area contributed by atoms with Gasteiger partial charge in [-0.2, -0.15) is 0 Å². The topological polar surface area (TPSA) is 59.1 Å². The second-order valence-corrected chi connectivity index (χ2v) is 9.09. The van der Waals surface area contributed by atoms with Gasteiger partial charge in [-0.1, -0.05) is 48.5 Å². The summed E-state index contributed by atoms with van der Waals surface area (Å²) in [5, 5.41) is 2.00. The van der Waals surface area contributed by atoms with Crippen LogP contribution in [0.3, 0.4) is 0 Å². The van der Waals surface area contributed by atoms with Gasteiger partial charge < -0.3 is 19.3 Å². The molecule has 2 amide bonds. The van der Waals surface area contributed by atoms with E-state index in [1.165, 1.54) is 0 Å². The lowest BCUT2D eigenvalue weighted by Crippen LogP contribution is -2.43. The molecule has 0 fully saturated rings. The van der Waals surface area contributed by atoms with E-state index in [-0.39, 0.29) is 24.8 Å². The van der Waals surface area contributed by atoms with E-state index in [1.54, 1.807) is 36.5 Å². The molecule has 0 aliphatic carbocycles. The van der Waals surface area contributed by atoms with Gasteiger partial charge in [-0.25, -0.2) is 0 Å². The van der Waals surface area contributed by atoms with Crippen LogP contribution < -0.4 is 9.47 Å². The Hall–Kier alpha value is -3.58. The predicted octanol–water partition coefficient (Wildman–Crippen LogP) is 4.59. The largest absolute Gasteiger partial charge is 0.493 e. The number of methoxy groups -OCH3 is 2. The Morgan fingerprint density at radius 2 is 1.69 bits per heavy atom. The number of rotatable bonds is 13. The van der Waals surface area contributed by atoms with Crippen molar-refractivity contribution in [2.45, 2.75) is 19.4 Å². The molecule has 184 valence electrons. The Morgan fingerprint density at radius 1 is 0.914 bits per heavy atom. The molecule has 0 saturated heterocycles. The minimum atomic E-state index is -0.0968. The first-order chi connectivity index (χ1) is 17.0. The summed E-state index contributed by atoms with van der Waals surface area (Å²) in [7, 11) is 3.21. The van der Waals surface area contributed by atoms with Crippen molar-refractivity contribution >= 4 is 23.2 Å². The summed E-state index contributed by atoms with van der Waals surface area (Å²) in [6, 6.07) is 19.3. The smallest absolute Gasteiger partial charge is 0.242 e. The average molecular weight is 493 g/mol. The highest BCUT2D eigenvalue weighted by Crippen LogP contribution is 2.28. The van der Waals surface area contributed by atoms with Gasteiger partial charge in [0.1, 0.15) is 6.54 Å². The highest BCUT2D eigenvalue weighted by molar-refractivity contribution is 7.09. The van der Waals surface area contributed by atoms with Crippen LogP contribution in [-0.2, 0) is 29.0 Å². The van der Waals surface area contributed by atoms with Crippen LogP contribution in [0.5, 0.6) is 11.5 Å². The molecule has 0 radical (unpaired) electrons. The van der Waals surface area contributed by atoms with Crippen LogP contribution in [-0.4, -0.2) is 55.5 Å². The molecule has 0 spiro atoms. The summed E-state index contributed by atoms with van der Waals surface area (Å²) < 4.78 is 10.7. The lowest BCUT2D eigenvalue weighted by molar-refractivity contribution is -0.140. The van der Waals surface area contributed by atoms with Gasteiger partial charge in [0, 0.05) is 18.0 Å². The van der Waals surface area contributed by atoms with Gasteiger partial charge in [0.15, 0.2) is 11.5 Å². The minimum absolute atomic E-state index is 0.00892. The fourth-order valence-electron chi connectivity index (χ4n) is 3.74. The van der Waals surface area contributed by atoms with Crippen LogP contribution in [0.25, 0.3) is 0 Å². The molecule has 3 rings (SSSR count). The van der Waals surface area contributed by atoms with E-state index in [2.05, 4.69) is 6.58 Å². The zero-order valence-electron chi connectivity index (χ0n) is 20.3. The molecule has 0 N–H and O–H groups in total. The SMILES string of the molecule is C=CCN(CC(=O)N(CCc1ccc(OC)c(OC)c1)Cc1cccs1)C(=O)Cc1ccccc1. The van der Waals surface area contributed by atoms with Gasteiger partial charge in [-0.05, 0) is 41.1 Å². The standard InChI is InChI=1S/C28H32N2O4S/c1-4-15-29(27(31)19-22-9-6-5-7-10-22)21-28(32)30(20-24-11-8-17-35-24)16-14-23-12-13-25(33-2)26(18-23)34-3/h4-13,17-18H,1,14-16,19-21H2,2-3H3. The first kappa shape index (κ1) is 26.0. The molecule has 0 atom stereocenters. The highest BCUT2D eigenvalue weighted by Gasteiger charge is 2.21. The maximum atomic E-state index is 13.4. The number of amides is 2. The molecule has 6 nitrogen and oxygen atoms in total. The summed E-state index contributed by atoms with van der Waals surface area (Å²) in [6.45, 7) is 5.11. The third kappa shape index (κ3) is 7.72. The molecular weight excluding hydrogens is 460 g/mol. The average Bonchev–Trinajstić information content (AvgIpc) is 3.39. The monoisotopic (exact) mass is 492 g/mol. The summed E-state index contributed by atoms with van der Waals surface area (Å²) in [6.07, 6.45) is 2.55. The van der Waals surface area contributed by atoms with Crippen molar-refractivity contribution in [2.24, 2.45) is 0 Å². The maximum absolute atomic E-state index is 13.4. The zero-order valence-corrected chi connectivity index (χ0v) is 21.1. The molecule has 2 aromatic carbocycles. The normalized spacial score (nSPS) is 10.5. The van der Waals surface area contributed by atoms with Gasteiger partial charge >= 0.3 is 0 Å². The van der Waals surface area contributed by atoms with E-state index < -0.39 is 0 Å². The minimum Gasteiger partial charge on any atom is -0.493 e. The quantitative estimate of drug-likeness (QED) is 0.328. The Morgan fingerprint density at radius 3 is 2.34 bits per heavy atom. The number of nitrogens with zero attached hydrogens (tertiary/aromatic N) is 2. The van der Waals surface area contributed by atoms with Crippen molar-refractivity contribution in [1.29, 1.82) is 0 Å². The van der Waals surface area contributed by atoms with Crippen molar-refractivity contribution in [3.8, 4) is 11.5 Å². The zero-order chi connectivity index (χ0) is 25.0. The number of ether oxygens (including phenoxy) is 2. The van der Waals surface area contributed by atoms with Crippen molar-refractivity contribution in [1.82, 2.24) is 9.80 Å². The molecule has 3 aromatic rings. The number of thiophene rings is 1. The number of carbonyl (C=O) groups is 2. The molecule has 0 unspecified atom stereocenters. The Labute approximate surface area is 211 Å². The third-order valence-electron chi connectivity index (χ3n) is 5.62. The molecule has 1 heterocycles. The molecule has 7 heteroatoms. The lowest BCUT2D eigenvalue weighted by Gasteiger charge is -2.27. The lowest BCUT2D eigenvalue weighted by atomic mass is 10.1. The second kappa shape index (κ2) is 13.3. The van der Waals surface area contributed by atoms with Crippen molar-refractivity contribution in [3.63, 3.8) is 0 Å². The first-order valence-corrected chi connectivity index (χ1v) is 12.4. The van der Waals surface area contributed by atoms with Gasteiger partial charge in [0.05, 0.1) is 27.2 Å². The fourth-order valence-corrected chi connectivity index (χ4v) is 4.46. The van der Waals surface area contributed by atoms with Crippen LogP contribution in [0, 0.1) is 0 Å². The van der Waals surface area contributed by atoms with Gasteiger partial charge in [0.2, 0.25) is 11.8 Å². The summed E-state index contributed by atoms with van der Waals surface area (Å²) in [5.74, 6) is 1.13. The Kier molecular flexibility index (Phi) is 9.93. The molecule has 0 bridgehead atoms. The number of carbonyl (C=O) groups excluding carboxylic acids is 2. The first-order valence-electron chi connectivity index (χ1n) is 11.5. The van der Waals surface area contributed by atoms with Crippen LogP contribution in [0.1, 0.15) is 16.0 Å². The van der Waals surface area contributed by atoms with Crippen molar-refractivity contribution in [2.75, 3.05) is 33.9 Å². The molecule has 1 aromatic heterocycles. The van der Waals surface area contributed by atoms with Gasteiger partial charge in [-0.3, -0.25) is 9.59 Å². The van der Waals surface area contributed by atoms with Crippen LogP contribution in [0.4, 0.5) is 0 Å². The van der Waals surface area contributed by atoms with Gasteiger partial charge in [-0.15, -0.1) is 17.9 Å². The highest BCUT2D eigenvalue weighted by atomic mass is 32.1. The van der Waals surface area contributed by atoms with Crippen molar-refractivity contribution < 1.29 is 19.1 Å². The third-order valence-corrected chi connectivity index (χ3v) is 6.49.